The Morgan fingerprint density at radius 2 is 1.89 bits per heavy atom. The Morgan fingerprint density at radius 1 is 1.33 bits per heavy atom. The summed E-state index contributed by atoms with van der Waals surface area (Å²) in [6.07, 6.45) is -2.08. The number of hydrogen-bond donors (Lipinski definition) is 3. The van der Waals surface area contributed by atoms with E-state index in [-0.39, 0.29) is 6.61 Å². The lowest BCUT2D eigenvalue weighted by atomic mass is 10.2. The summed E-state index contributed by atoms with van der Waals surface area (Å²) in [4.78, 5) is 0. The molecule has 4 heteroatoms. The second-order valence-electron chi connectivity index (χ2n) is 1.77. The quantitative estimate of drug-likeness (QED) is 0.433. The standard InChI is InChI=1S/C5H12O4/c1-9-3-5(8)4(7)2-6/h4-8H,2-3H2,1H3/t4-,5-/m1/s1. The Labute approximate surface area is 53.7 Å². The molecule has 0 aliphatic carbocycles. The summed E-state index contributed by atoms with van der Waals surface area (Å²) in [6.45, 7) is -0.397. The second-order valence-corrected chi connectivity index (χ2v) is 1.77. The van der Waals surface area contributed by atoms with E-state index < -0.39 is 18.8 Å². The number of aliphatic hydroxyl groups excluding tert-OH is 3. The van der Waals surface area contributed by atoms with Gasteiger partial charge in [0.2, 0.25) is 0 Å². The first kappa shape index (κ1) is 8.84. The van der Waals surface area contributed by atoms with Crippen LogP contribution in [0.2, 0.25) is 0 Å². The van der Waals surface area contributed by atoms with Gasteiger partial charge in [-0.2, -0.15) is 0 Å². The van der Waals surface area contributed by atoms with Crippen LogP contribution >= 0.6 is 0 Å². The maximum atomic E-state index is 8.78. The normalized spacial score (nSPS) is 17.3. The van der Waals surface area contributed by atoms with Crippen LogP contribution in [0.25, 0.3) is 0 Å². The SMILES string of the molecule is COC[C@@H](O)[C@H](O)CO. The summed E-state index contributed by atoms with van der Waals surface area (Å²) in [5.41, 5.74) is 0. The van der Waals surface area contributed by atoms with Gasteiger partial charge in [-0.3, -0.25) is 0 Å². The molecule has 0 rings (SSSR count). The van der Waals surface area contributed by atoms with Crippen LogP contribution < -0.4 is 0 Å². The molecule has 4 nitrogen and oxygen atoms in total. The van der Waals surface area contributed by atoms with Gasteiger partial charge in [0.1, 0.15) is 12.2 Å². The molecule has 0 radical (unpaired) electrons. The van der Waals surface area contributed by atoms with Crippen LogP contribution in [-0.4, -0.2) is 47.9 Å². The number of rotatable bonds is 4. The summed E-state index contributed by atoms with van der Waals surface area (Å²) in [5.74, 6) is 0. The molecule has 0 heterocycles. The lowest BCUT2D eigenvalue weighted by molar-refractivity contribution is -0.0477. The molecule has 0 fully saturated rings. The molecule has 3 N–H and O–H groups in total. The summed E-state index contributed by atoms with van der Waals surface area (Å²) < 4.78 is 4.51. The van der Waals surface area contributed by atoms with Crippen molar-refractivity contribution in [2.75, 3.05) is 20.3 Å². The van der Waals surface area contributed by atoms with Gasteiger partial charge in [-0.15, -0.1) is 0 Å². The number of aliphatic hydroxyl groups is 3. The van der Waals surface area contributed by atoms with Crippen molar-refractivity contribution in [2.24, 2.45) is 0 Å². The minimum Gasteiger partial charge on any atom is -0.394 e. The summed E-state index contributed by atoms with van der Waals surface area (Å²) in [6, 6.07) is 0. The Kier molecular flexibility index (Phi) is 4.61. The van der Waals surface area contributed by atoms with E-state index in [1.165, 1.54) is 7.11 Å². The average Bonchev–Trinajstić information content (AvgIpc) is 1.87. The van der Waals surface area contributed by atoms with Gasteiger partial charge in [-0.05, 0) is 0 Å². The fraction of sp³-hybridized carbons (Fsp3) is 1.00. The monoisotopic (exact) mass is 136 g/mol. The van der Waals surface area contributed by atoms with Crippen molar-refractivity contribution in [3.05, 3.63) is 0 Å². The minimum absolute atomic E-state index is 0.0434. The minimum atomic E-state index is -1.09. The molecule has 0 spiro atoms. The van der Waals surface area contributed by atoms with Gasteiger partial charge in [0.05, 0.1) is 13.2 Å². The van der Waals surface area contributed by atoms with Crippen LogP contribution in [0.1, 0.15) is 0 Å². The molecule has 0 aromatic heterocycles. The van der Waals surface area contributed by atoms with Gasteiger partial charge in [-0.25, -0.2) is 0 Å². The first-order valence-electron chi connectivity index (χ1n) is 2.68. The van der Waals surface area contributed by atoms with Crippen molar-refractivity contribution in [1.82, 2.24) is 0 Å². The average molecular weight is 136 g/mol. The van der Waals surface area contributed by atoms with E-state index in [9.17, 15) is 0 Å². The molecule has 56 valence electrons. The van der Waals surface area contributed by atoms with Crippen molar-refractivity contribution in [2.45, 2.75) is 12.2 Å². The molecular weight excluding hydrogens is 124 g/mol. The zero-order chi connectivity index (χ0) is 7.28. The molecule has 0 saturated heterocycles. The van der Waals surface area contributed by atoms with Crippen LogP contribution in [0, 0.1) is 0 Å². The molecule has 0 saturated carbocycles. The van der Waals surface area contributed by atoms with Crippen molar-refractivity contribution in [1.29, 1.82) is 0 Å². The van der Waals surface area contributed by atoms with E-state index in [1.807, 2.05) is 0 Å². The third-order valence-electron chi connectivity index (χ3n) is 0.969. The second kappa shape index (κ2) is 4.69. The van der Waals surface area contributed by atoms with E-state index in [0.29, 0.717) is 0 Å². The topological polar surface area (TPSA) is 69.9 Å². The van der Waals surface area contributed by atoms with Crippen LogP contribution in [0.5, 0.6) is 0 Å². The maximum Gasteiger partial charge on any atom is 0.105 e. The van der Waals surface area contributed by atoms with Crippen LogP contribution in [-0.2, 0) is 4.74 Å². The lowest BCUT2D eigenvalue weighted by Crippen LogP contribution is -2.32. The van der Waals surface area contributed by atoms with Gasteiger partial charge in [0.15, 0.2) is 0 Å². The lowest BCUT2D eigenvalue weighted by Gasteiger charge is -2.13. The summed E-state index contributed by atoms with van der Waals surface area (Å²) in [7, 11) is 1.41. The number of hydrogen-bond acceptors (Lipinski definition) is 4. The van der Waals surface area contributed by atoms with Crippen molar-refractivity contribution in [3.63, 3.8) is 0 Å². The highest BCUT2D eigenvalue weighted by Gasteiger charge is 2.13. The first-order chi connectivity index (χ1) is 4.22. The number of ether oxygens (including phenoxy) is 1. The van der Waals surface area contributed by atoms with Crippen LogP contribution in [0.4, 0.5) is 0 Å². The zero-order valence-corrected chi connectivity index (χ0v) is 5.32. The maximum absolute atomic E-state index is 8.78. The highest BCUT2D eigenvalue weighted by molar-refractivity contribution is 4.63. The molecule has 0 aliphatic rings. The fourth-order valence-corrected chi connectivity index (χ4v) is 0.404. The predicted octanol–water partition coefficient (Wildman–Crippen LogP) is -1.65. The fourth-order valence-electron chi connectivity index (χ4n) is 0.404. The molecule has 0 amide bonds. The number of methoxy groups -OCH3 is 1. The predicted molar refractivity (Wildman–Crippen MR) is 31.0 cm³/mol. The van der Waals surface area contributed by atoms with Gasteiger partial charge in [0, 0.05) is 7.11 Å². The van der Waals surface area contributed by atoms with Crippen LogP contribution in [0.15, 0.2) is 0 Å². The third kappa shape index (κ3) is 3.42. The molecule has 2 atom stereocenters. The molecule has 0 aromatic carbocycles. The molecular formula is C5H12O4. The smallest absolute Gasteiger partial charge is 0.105 e. The largest absolute Gasteiger partial charge is 0.394 e. The third-order valence-corrected chi connectivity index (χ3v) is 0.969. The van der Waals surface area contributed by atoms with Crippen molar-refractivity contribution >= 4 is 0 Å². The van der Waals surface area contributed by atoms with Crippen molar-refractivity contribution in [3.8, 4) is 0 Å². The van der Waals surface area contributed by atoms with E-state index >= 15 is 0 Å². The Bertz CT molecular complexity index is 66.0. The first-order valence-corrected chi connectivity index (χ1v) is 2.68. The van der Waals surface area contributed by atoms with E-state index in [2.05, 4.69) is 4.74 Å². The van der Waals surface area contributed by atoms with Crippen molar-refractivity contribution < 1.29 is 20.1 Å². The Morgan fingerprint density at radius 3 is 2.22 bits per heavy atom. The van der Waals surface area contributed by atoms with Gasteiger partial charge >= 0.3 is 0 Å². The highest BCUT2D eigenvalue weighted by Crippen LogP contribution is 1.91. The van der Waals surface area contributed by atoms with Gasteiger partial charge in [0.25, 0.3) is 0 Å². The Hall–Kier alpha value is -0.160. The van der Waals surface area contributed by atoms with Crippen LogP contribution in [0.3, 0.4) is 0 Å². The molecule has 0 aromatic rings. The summed E-state index contributed by atoms with van der Waals surface area (Å²) >= 11 is 0. The highest BCUT2D eigenvalue weighted by atomic mass is 16.5. The molecule has 0 bridgehead atoms. The molecule has 9 heavy (non-hydrogen) atoms. The van der Waals surface area contributed by atoms with E-state index in [1.54, 1.807) is 0 Å². The van der Waals surface area contributed by atoms with E-state index in [0.717, 1.165) is 0 Å². The molecule has 0 unspecified atom stereocenters. The van der Waals surface area contributed by atoms with Gasteiger partial charge in [-0.1, -0.05) is 0 Å². The summed E-state index contributed by atoms with van der Waals surface area (Å²) in [5, 5.41) is 25.7. The zero-order valence-electron chi connectivity index (χ0n) is 5.32. The van der Waals surface area contributed by atoms with E-state index in [4.69, 9.17) is 15.3 Å². The molecule has 0 aliphatic heterocycles. The Balaban J connectivity index is 3.32. The van der Waals surface area contributed by atoms with Gasteiger partial charge < -0.3 is 20.1 Å².